The summed E-state index contributed by atoms with van der Waals surface area (Å²) in [6, 6.07) is 6.98. The van der Waals surface area contributed by atoms with Crippen LogP contribution in [0.3, 0.4) is 0 Å². The summed E-state index contributed by atoms with van der Waals surface area (Å²) in [5, 5.41) is 4.94. The lowest BCUT2D eigenvalue weighted by atomic mass is 10.0. The third-order valence-electron chi connectivity index (χ3n) is 5.70. The minimum absolute atomic E-state index is 0.0233. The molecule has 0 radical (unpaired) electrons. The van der Waals surface area contributed by atoms with E-state index in [2.05, 4.69) is 10.1 Å². The van der Waals surface area contributed by atoms with Crippen LogP contribution in [0.4, 0.5) is 5.69 Å². The van der Waals surface area contributed by atoms with E-state index in [1.807, 2.05) is 13.8 Å². The molecule has 0 saturated heterocycles. The number of ether oxygens (including phenoxy) is 1. The fraction of sp³-hybridized carbons (Fsp3) is 0.375. The second-order valence-electron chi connectivity index (χ2n) is 8.41. The maximum atomic E-state index is 13.0. The molecule has 8 nitrogen and oxygen atoms in total. The molecule has 32 heavy (non-hydrogen) atoms. The zero-order valence-electron chi connectivity index (χ0n) is 18.9. The Kier molecular flexibility index (Phi) is 5.54. The van der Waals surface area contributed by atoms with Gasteiger partial charge in [0.1, 0.15) is 0 Å². The van der Waals surface area contributed by atoms with Gasteiger partial charge in [0.2, 0.25) is 11.7 Å². The van der Waals surface area contributed by atoms with Crippen LogP contribution < -0.4 is 4.90 Å². The van der Waals surface area contributed by atoms with Crippen molar-refractivity contribution in [1.82, 2.24) is 14.8 Å². The molecule has 4 rings (SSSR count). The fourth-order valence-electron chi connectivity index (χ4n) is 4.08. The maximum Gasteiger partial charge on any atom is 0.339 e. The molecule has 0 aliphatic carbocycles. The highest BCUT2D eigenvalue weighted by atomic mass is 16.5. The van der Waals surface area contributed by atoms with E-state index in [4.69, 9.17) is 4.74 Å². The van der Waals surface area contributed by atoms with Gasteiger partial charge < -0.3 is 9.64 Å². The first-order valence-corrected chi connectivity index (χ1v) is 10.7. The van der Waals surface area contributed by atoms with Crippen molar-refractivity contribution in [1.29, 1.82) is 0 Å². The lowest BCUT2D eigenvalue weighted by Crippen LogP contribution is -2.26. The summed E-state index contributed by atoms with van der Waals surface area (Å²) in [6.07, 6.45) is 1.33. The van der Waals surface area contributed by atoms with Gasteiger partial charge in [-0.1, -0.05) is 0 Å². The SMILES string of the molecule is CC(=O)N1CCc2cc(C(=O)C(C)OC(=O)c3cc(C)nc4c3cnn4C(C)C)ccc21. The molecule has 8 heteroatoms. The van der Waals surface area contributed by atoms with Gasteiger partial charge >= 0.3 is 5.97 Å². The van der Waals surface area contributed by atoms with E-state index in [1.165, 1.54) is 6.92 Å². The zero-order chi connectivity index (χ0) is 23.2. The summed E-state index contributed by atoms with van der Waals surface area (Å²) in [7, 11) is 0. The van der Waals surface area contributed by atoms with Gasteiger partial charge in [-0.05, 0) is 63.9 Å². The minimum atomic E-state index is -0.963. The lowest BCUT2D eigenvalue weighted by Gasteiger charge is -2.16. The van der Waals surface area contributed by atoms with Gasteiger partial charge in [0.25, 0.3) is 0 Å². The Morgan fingerprint density at radius 1 is 1.12 bits per heavy atom. The van der Waals surface area contributed by atoms with Gasteiger partial charge in [0.05, 0.1) is 17.1 Å². The second kappa shape index (κ2) is 8.18. The molecule has 166 valence electrons. The number of nitrogens with zero attached hydrogens (tertiary/aromatic N) is 4. The summed E-state index contributed by atoms with van der Waals surface area (Å²) < 4.78 is 7.30. The highest BCUT2D eigenvalue weighted by Crippen LogP contribution is 2.29. The molecule has 1 atom stereocenters. The molecule has 3 aromatic rings. The highest BCUT2D eigenvalue weighted by molar-refractivity contribution is 6.06. The molecule has 0 fully saturated rings. The number of carbonyl (C=O) groups is 3. The third kappa shape index (κ3) is 3.77. The Hall–Kier alpha value is -3.55. The molecule has 0 spiro atoms. The van der Waals surface area contributed by atoms with Crippen LogP contribution in [0.1, 0.15) is 65.7 Å². The molecule has 1 amide bonds. The van der Waals surface area contributed by atoms with Gasteiger partial charge in [0, 0.05) is 36.5 Å². The summed E-state index contributed by atoms with van der Waals surface area (Å²) >= 11 is 0. The Bertz CT molecular complexity index is 1240. The number of amides is 1. The van der Waals surface area contributed by atoms with E-state index in [0.29, 0.717) is 40.8 Å². The van der Waals surface area contributed by atoms with E-state index < -0.39 is 12.1 Å². The number of anilines is 1. The molecule has 1 unspecified atom stereocenters. The van der Waals surface area contributed by atoms with Crippen LogP contribution in [-0.4, -0.2) is 45.1 Å². The average Bonchev–Trinajstić information content (AvgIpc) is 3.36. The number of hydrogen-bond acceptors (Lipinski definition) is 6. The first-order chi connectivity index (χ1) is 15.2. The molecule has 1 aliphatic heterocycles. The average molecular weight is 434 g/mol. The van der Waals surface area contributed by atoms with Crippen molar-refractivity contribution in [2.75, 3.05) is 11.4 Å². The number of hydrogen-bond donors (Lipinski definition) is 0. The molecule has 0 saturated carbocycles. The number of aryl methyl sites for hydroxylation is 1. The molecular formula is C24H26N4O4. The first kappa shape index (κ1) is 21.7. The minimum Gasteiger partial charge on any atom is -0.451 e. The number of carbonyl (C=O) groups excluding carboxylic acids is 3. The van der Waals surface area contributed by atoms with Crippen LogP contribution in [0, 0.1) is 6.92 Å². The van der Waals surface area contributed by atoms with Crippen molar-refractivity contribution >= 4 is 34.4 Å². The fourth-order valence-corrected chi connectivity index (χ4v) is 4.08. The van der Waals surface area contributed by atoms with Gasteiger partial charge in [-0.2, -0.15) is 5.10 Å². The standard InChI is InChI=1S/C24H26N4O4/c1-13(2)28-23-20(12-25-28)19(10-14(3)26-23)24(31)32-15(4)22(30)18-6-7-21-17(11-18)8-9-27(21)16(5)29/h6-7,10-13,15H,8-9H2,1-5H3. The van der Waals surface area contributed by atoms with Gasteiger partial charge in [-0.25, -0.2) is 14.5 Å². The largest absolute Gasteiger partial charge is 0.451 e. The monoisotopic (exact) mass is 434 g/mol. The quantitative estimate of drug-likeness (QED) is 0.449. The van der Waals surface area contributed by atoms with E-state index in [-0.39, 0.29) is 17.7 Å². The van der Waals surface area contributed by atoms with Gasteiger partial charge in [0.15, 0.2) is 11.8 Å². The van der Waals surface area contributed by atoms with Gasteiger partial charge in [-0.3, -0.25) is 9.59 Å². The Morgan fingerprint density at radius 3 is 2.56 bits per heavy atom. The van der Waals surface area contributed by atoms with Crippen molar-refractivity contribution in [3.05, 3.63) is 52.8 Å². The van der Waals surface area contributed by atoms with Crippen LogP contribution >= 0.6 is 0 Å². The Labute approximate surface area is 186 Å². The van der Waals surface area contributed by atoms with Gasteiger partial charge in [-0.15, -0.1) is 0 Å². The van der Waals surface area contributed by atoms with Crippen molar-refractivity contribution in [2.45, 2.75) is 53.2 Å². The molecule has 1 aliphatic rings. The number of fused-ring (bicyclic) bond motifs is 2. The van der Waals surface area contributed by atoms with Crippen LogP contribution in [0.25, 0.3) is 11.0 Å². The summed E-state index contributed by atoms with van der Waals surface area (Å²) in [5.41, 5.74) is 3.84. The molecule has 3 heterocycles. The predicted octanol–water partition coefficient (Wildman–Crippen LogP) is 3.66. The molecular weight excluding hydrogens is 408 g/mol. The molecule has 0 bridgehead atoms. The zero-order valence-corrected chi connectivity index (χ0v) is 18.9. The van der Waals surface area contributed by atoms with E-state index in [0.717, 1.165) is 11.3 Å². The summed E-state index contributed by atoms with van der Waals surface area (Å²) in [6.45, 7) is 9.48. The maximum absolute atomic E-state index is 13.0. The summed E-state index contributed by atoms with van der Waals surface area (Å²) in [4.78, 5) is 43.9. The number of aromatic nitrogens is 3. The number of benzene rings is 1. The third-order valence-corrected chi connectivity index (χ3v) is 5.70. The van der Waals surface area contributed by atoms with Crippen molar-refractivity contribution in [3.63, 3.8) is 0 Å². The number of Topliss-reactive ketones (excluding diaryl/α,β-unsaturated/α-hetero) is 1. The molecule has 0 N–H and O–H groups in total. The number of pyridine rings is 1. The normalized spacial score (nSPS) is 14.0. The highest BCUT2D eigenvalue weighted by Gasteiger charge is 2.27. The van der Waals surface area contributed by atoms with E-state index >= 15 is 0 Å². The van der Waals surface area contributed by atoms with Crippen LogP contribution in [0.2, 0.25) is 0 Å². The molecule has 2 aromatic heterocycles. The van der Waals surface area contributed by atoms with Crippen LogP contribution in [-0.2, 0) is 16.0 Å². The van der Waals surface area contributed by atoms with Crippen LogP contribution in [0.5, 0.6) is 0 Å². The number of esters is 1. The van der Waals surface area contributed by atoms with Crippen molar-refractivity contribution in [3.8, 4) is 0 Å². The van der Waals surface area contributed by atoms with E-state index in [1.54, 1.807) is 53.9 Å². The summed E-state index contributed by atoms with van der Waals surface area (Å²) in [5.74, 6) is -0.902. The van der Waals surface area contributed by atoms with Crippen LogP contribution in [0.15, 0.2) is 30.5 Å². The molecule has 1 aromatic carbocycles. The number of ketones is 1. The topological polar surface area (TPSA) is 94.4 Å². The lowest BCUT2D eigenvalue weighted by molar-refractivity contribution is -0.116. The van der Waals surface area contributed by atoms with E-state index in [9.17, 15) is 14.4 Å². The Balaban J connectivity index is 1.56. The smallest absolute Gasteiger partial charge is 0.339 e. The second-order valence-corrected chi connectivity index (χ2v) is 8.41. The predicted molar refractivity (Wildman–Crippen MR) is 120 cm³/mol. The van der Waals surface area contributed by atoms with Crippen molar-refractivity contribution < 1.29 is 19.1 Å². The number of rotatable bonds is 5. The first-order valence-electron chi connectivity index (χ1n) is 10.7. The van der Waals surface area contributed by atoms with Crippen molar-refractivity contribution in [2.24, 2.45) is 0 Å². The Morgan fingerprint density at radius 2 is 1.88 bits per heavy atom.